The first kappa shape index (κ1) is 23.1. The van der Waals surface area contributed by atoms with E-state index in [0.29, 0.717) is 25.6 Å². The summed E-state index contributed by atoms with van der Waals surface area (Å²) >= 11 is 6.03. The Bertz CT molecular complexity index is 598. The van der Waals surface area contributed by atoms with Crippen LogP contribution >= 0.6 is 35.6 Å². The number of nitrogens with one attached hydrogen (secondary N) is 2. The molecule has 1 saturated carbocycles. The van der Waals surface area contributed by atoms with Gasteiger partial charge in [-0.15, -0.1) is 24.0 Å². The Morgan fingerprint density at radius 3 is 2.65 bits per heavy atom. The standard InChI is InChI=1S/C18H30ClN5O.HI/c1-20-18(24(3)13-16-11-14(19)12-23(16)2)21-10-9-17(25)22-15-7-5-4-6-8-15;/h11-12,15H,4-10,13H2,1-3H3,(H,20,21)(H,22,25);1H. The minimum atomic E-state index is 0. The molecule has 2 rings (SSSR count). The van der Waals surface area contributed by atoms with Gasteiger partial charge in [0.05, 0.1) is 11.6 Å². The summed E-state index contributed by atoms with van der Waals surface area (Å²) in [5.74, 6) is 0.884. The van der Waals surface area contributed by atoms with Gasteiger partial charge in [0, 0.05) is 52.0 Å². The molecule has 148 valence electrons. The second-order valence-electron chi connectivity index (χ2n) is 6.74. The first-order chi connectivity index (χ1) is 12.0. The molecule has 1 aromatic rings. The second kappa shape index (κ2) is 11.7. The lowest BCUT2D eigenvalue weighted by Crippen LogP contribution is -2.42. The molecule has 26 heavy (non-hydrogen) atoms. The number of hydrogen-bond donors (Lipinski definition) is 2. The molecular weight excluding hydrogens is 465 g/mol. The molecule has 0 saturated heterocycles. The summed E-state index contributed by atoms with van der Waals surface area (Å²) in [7, 11) is 5.69. The molecule has 1 amide bonds. The fraction of sp³-hybridized carbons (Fsp3) is 0.667. The average molecular weight is 496 g/mol. The summed E-state index contributed by atoms with van der Waals surface area (Å²) in [6, 6.07) is 2.31. The Morgan fingerprint density at radius 1 is 1.38 bits per heavy atom. The lowest BCUT2D eigenvalue weighted by atomic mass is 9.95. The molecule has 0 aliphatic heterocycles. The molecule has 0 radical (unpaired) electrons. The van der Waals surface area contributed by atoms with E-state index in [0.717, 1.165) is 29.5 Å². The number of amides is 1. The maximum Gasteiger partial charge on any atom is 0.221 e. The van der Waals surface area contributed by atoms with Crippen molar-refractivity contribution in [3.63, 3.8) is 0 Å². The van der Waals surface area contributed by atoms with E-state index in [1.807, 2.05) is 35.8 Å². The third-order valence-corrected chi connectivity index (χ3v) is 4.86. The van der Waals surface area contributed by atoms with Crippen molar-refractivity contribution in [1.82, 2.24) is 20.1 Å². The number of carbonyl (C=O) groups excluding carboxylic acids is 1. The van der Waals surface area contributed by atoms with Gasteiger partial charge in [0.1, 0.15) is 0 Å². The Morgan fingerprint density at radius 2 is 2.08 bits per heavy atom. The summed E-state index contributed by atoms with van der Waals surface area (Å²) in [6.45, 7) is 1.26. The number of aryl methyl sites for hydroxylation is 1. The first-order valence-corrected chi connectivity index (χ1v) is 9.39. The quantitative estimate of drug-likeness (QED) is 0.362. The van der Waals surface area contributed by atoms with Gasteiger partial charge in [0.15, 0.2) is 5.96 Å². The number of aliphatic imine (C=N–C) groups is 1. The molecule has 0 bridgehead atoms. The molecule has 6 nitrogen and oxygen atoms in total. The van der Waals surface area contributed by atoms with Crippen molar-refractivity contribution < 1.29 is 4.79 Å². The highest BCUT2D eigenvalue weighted by Crippen LogP contribution is 2.17. The van der Waals surface area contributed by atoms with E-state index >= 15 is 0 Å². The third-order valence-electron chi connectivity index (χ3n) is 4.65. The molecular formula is C18H31ClIN5O. The highest BCUT2D eigenvalue weighted by Gasteiger charge is 2.16. The van der Waals surface area contributed by atoms with Crippen LogP contribution in [-0.4, -0.2) is 48.0 Å². The molecule has 1 heterocycles. The van der Waals surface area contributed by atoms with Crippen molar-refractivity contribution in [2.45, 2.75) is 51.1 Å². The van der Waals surface area contributed by atoms with Crippen molar-refractivity contribution in [3.8, 4) is 0 Å². The van der Waals surface area contributed by atoms with E-state index in [-0.39, 0.29) is 29.9 Å². The van der Waals surface area contributed by atoms with E-state index < -0.39 is 0 Å². The molecule has 1 aromatic heterocycles. The van der Waals surface area contributed by atoms with Gasteiger partial charge in [-0.05, 0) is 18.9 Å². The zero-order chi connectivity index (χ0) is 18.2. The Hall–Kier alpha value is -0.960. The third kappa shape index (κ3) is 7.34. The number of halogens is 2. The molecule has 1 aliphatic rings. The van der Waals surface area contributed by atoms with Gasteiger partial charge >= 0.3 is 0 Å². The van der Waals surface area contributed by atoms with Gasteiger partial charge in [-0.2, -0.15) is 0 Å². The summed E-state index contributed by atoms with van der Waals surface area (Å²) in [5, 5.41) is 7.13. The van der Waals surface area contributed by atoms with Crippen LogP contribution in [0, 0.1) is 0 Å². The molecule has 0 unspecified atom stereocenters. The van der Waals surface area contributed by atoms with Crippen LogP contribution in [0.3, 0.4) is 0 Å². The maximum atomic E-state index is 12.1. The van der Waals surface area contributed by atoms with Crippen LogP contribution in [-0.2, 0) is 18.4 Å². The fourth-order valence-corrected chi connectivity index (χ4v) is 3.53. The van der Waals surface area contributed by atoms with Gasteiger partial charge in [-0.3, -0.25) is 9.79 Å². The van der Waals surface area contributed by atoms with Gasteiger partial charge in [-0.25, -0.2) is 0 Å². The summed E-state index contributed by atoms with van der Waals surface area (Å²) in [6.07, 6.45) is 8.32. The zero-order valence-corrected chi connectivity index (χ0v) is 19.0. The molecule has 1 aliphatic carbocycles. The Balaban J connectivity index is 0.00000338. The van der Waals surface area contributed by atoms with E-state index in [1.165, 1.54) is 19.3 Å². The predicted molar refractivity (Wildman–Crippen MR) is 118 cm³/mol. The lowest BCUT2D eigenvalue weighted by molar-refractivity contribution is -0.121. The van der Waals surface area contributed by atoms with Crippen molar-refractivity contribution in [2.75, 3.05) is 20.6 Å². The number of nitrogens with zero attached hydrogens (tertiary/aromatic N) is 3. The average Bonchev–Trinajstić information content (AvgIpc) is 2.89. The van der Waals surface area contributed by atoms with Gasteiger partial charge < -0.3 is 20.1 Å². The largest absolute Gasteiger partial charge is 0.356 e. The molecule has 0 aromatic carbocycles. The van der Waals surface area contributed by atoms with Crippen LogP contribution in [0.4, 0.5) is 0 Å². The zero-order valence-electron chi connectivity index (χ0n) is 15.9. The van der Waals surface area contributed by atoms with Crippen LogP contribution in [0.15, 0.2) is 17.3 Å². The van der Waals surface area contributed by atoms with Gasteiger partial charge in [0.2, 0.25) is 5.91 Å². The van der Waals surface area contributed by atoms with Gasteiger partial charge in [0.25, 0.3) is 0 Å². The number of hydrogen-bond acceptors (Lipinski definition) is 2. The smallest absolute Gasteiger partial charge is 0.221 e. The maximum absolute atomic E-state index is 12.1. The number of guanidine groups is 1. The highest BCUT2D eigenvalue weighted by molar-refractivity contribution is 14.0. The van der Waals surface area contributed by atoms with Crippen LogP contribution in [0.25, 0.3) is 0 Å². The monoisotopic (exact) mass is 495 g/mol. The topological polar surface area (TPSA) is 61.7 Å². The Kier molecular flexibility index (Phi) is 10.4. The molecule has 0 spiro atoms. The van der Waals surface area contributed by atoms with Crippen molar-refractivity contribution in [2.24, 2.45) is 12.0 Å². The summed E-state index contributed by atoms with van der Waals surface area (Å²) in [4.78, 5) is 18.4. The van der Waals surface area contributed by atoms with E-state index in [4.69, 9.17) is 11.6 Å². The summed E-state index contributed by atoms with van der Waals surface area (Å²) < 4.78 is 2.00. The van der Waals surface area contributed by atoms with Crippen LogP contribution in [0.2, 0.25) is 5.02 Å². The second-order valence-corrected chi connectivity index (χ2v) is 7.18. The molecule has 0 atom stereocenters. The number of aromatic nitrogens is 1. The molecule has 8 heteroatoms. The van der Waals surface area contributed by atoms with E-state index in [9.17, 15) is 4.79 Å². The molecule has 1 fully saturated rings. The first-order valence-electron chi connectivity index (χ1n) is 9.01. The molecule has 2 N–H and O–H groups in total. The fourth-order valence-electron chi connectivity index (χ4n) is 3.26. The number of rotatable bonds is 6. The Labute approximate surface area is 178 Å². The van der Waals surface area contributed by atoms with Crippen molar-refractivity contribution in [1.29, 1.82) is 0 Å². The highest BCUT2D eigenvalue weighted by atomic mass is 127. The van der Waals surface area contributed by atoms with Crippen LogP contribution in [0.5, 0.6) is 0 Å². The van der Waals surface area contributed by atoms with E-state index in [1.54, 1.807) is 7.05 Å². The van der Waals surface area contributed by atoms with Gasteiger partial charge in [-0.1, -0.05) is 30.9 Å². The summed E-state index contributed by atoms with van der Waals surface area (Å²) in [5.41, 5.74) is 1.10. The minimum Gasteiger partial charge on any atom is -0.356 e. The predicted octanol–water partition coefficient (Wildman–Crippen LogP) is 3.14. The van der Waals surface area contributed by atoms with Crippen molar-refractivity contribution in [3.05, 3.63) is 23.0 Å². The number of carbonyl (C=O) groups is 1. The normalized spacial score (nSPS) is 15.3. The minimum absolute atomic E-state index is 0. The SMILES string of the molecule is CN=C(NCCC(=O)NC1CCCCC1)N(C)Cc1cc(Cl)cn1C.I. The lowest BCUT2D eigenvalue weighted by Gasteiger charge is -2.24. The van der Waals surface area contributed by atoms with Crippen molar-refractivity contribution >= 4 is 47.4 Å². The van der Waals surface area contributed by atoms with E-state index in [2.05, 4.69) is 15.6 Å². The van der Waals surface area contributed by atoms with Crippen LogP contribution in [0.1, 0.15) is 44.2 Å². The van der Waals surface area contributed by atoms with Crippen LogP contribution < -0.4 is 10.6 Å².